The van der Waals surface area contributed by atoms with Crippen molar-refractivity contribution in [3.05, 3.63) is 59.7 Å². The van der Waals surface area contributed by atoms with E-state index in [1.807, 2.05) is 18.2 Å². The number of ether oxygens (including phenoxy) is 3. The first-order valence-electron chi connectivity index (χ1n) is 10.0. The largest absolute Gasteiger partial charge is 0.490 e. The van der Waals surface area contributed by atoms with E-state index in [2.05, 4.69) is 4.74 Å². The van der Waals surface area contributed by atoms with Crippen LogP contribution in [0.25, 0.3) is 6.08 Å². The maximum atomic E-state index is 12.9. The fourth-order valence-electron chi connectivity index (χ4n) is 3.84. The van der Waals surface area contributed by atoms with E-state index >= 15 is 0 Å². The normalized spacial score (nSPS) is 18.6. The third kappa shape index (κ3) is 4.56. The van der Waals surface area contributed by atoms with E-state index in [1.54, 1.807) is 23.1 Å². The highest BCUT2D eigenvalue weighted by Crippen LogP contribution is 2.38. The van der Waals surface area contributed by atoms with Crippen LogP contribution in [0.1, 0.15) is 36.4 Å². The highest BCUT2D eigenvalue weighted by atomic mass is 19.3. The van der Waals surface area contributed by atoms with E-state index in [0.29, 0.717) is 31.1 Å². The van der Waals surface area contributed by atoms with Crippen LogP contribution in [0.15, 0.2) is 48.5 Å². The second-order valence-corrected chi connectivity index (χ2v) is 7.20. The van der Waals surface area contributed by atoms with E-state index in [0.717, 1.165) is 30.6 Å². The monoisotopic (exact) mass is 415 g/mol. The standard InChI is InChI=1S/C23H23F2NO4/c24-23(25)30-19-7-2-1-5-16(19)9-11-22(27)26-12-3-6-18(26)17-8-10-20-21(15-17)29-14-4-13-28-20/h1-2,5,7-11,15,18,23H,3-4,6,12-14H2/b11-9+/t18-/m0/s1. The molecule has 1 fully saturated rings. The van der Waals surface area contributed by atoms with Crippen LogP contribution in [-0.2, 0) is 4.79 Å². The molecular formula is C23H23F2NO4. The van der Waals surface area contributed by atoms with Crippen LogP contribution in [0, 0.1) is 0 Å². The first-order chi connectivity index (χ1) is 14.6. The molecule has 1 atom stereocenters. The van der Waals surface area contributed by atoms with Gasteiger partial charge in [0.15, 0.2) is 11.5 Å². The molecule has 2 aromatic rings. The summed E-state index contributed by atoms with van der Waals surface area (Å²) in [5.74, 6) is 1.30. The van der Waals surface area contributed by atoms with Gasteiger partial charge in [0.25, 0.3) is 0 Å². The molecule has 158 valence electrons. The van der Waals surface area contributed by atoms with Crippen molar-refractivity contribution in [3.63, 3.8) is 0 Å². The first-order valence-corrected chi connectivity index (χ1v) is 10.0. The molecule has 5 nitrogen and oxygen atoms in total. The number of nitrogens with zero attached hydrogens (tertiary/aromatic N) is 1. The van der Waals surface area contributed by atoms with Gasteiger partial charge in [-0.25, -0.2) is 0 Å². The molecule has 0 bridgehead atoms. The number of hydrogen-bond acceptors (Lipinski definition) is 4. The Bertz CT molecular complexity index is 931. The second kappa shape index (κ2) is 9.15. The van der Waals surface area contributed by atoms with Crippen molar-refractivity contribution in [1.82, 2.24) is 4.90 Å². The number of fused-ring (bicyclic) bond motifs is 1. The topological polar surface area (TPSA) is 48.0 Å². The molecule has 0 saturated carbocycles. The average Bonchev–Trinajstić information content (AvgIpc) is 3.11. The minimum absolute atomic E-state index is 0.0393. The zero-order valence-corrected chi connectivity index (χ0v) is 16.4. The van der Waals surface area contributed by atoms with E-state index in [-0.39, 0.29) is 17.7 Å². The maximum Gasteiger partial charge on any atom is 0.387 e. The van der Waals surface area contributed by atoms with Crippen molar-refractivity contribution in [2.75, 3.05) is 19.8 Å². The lowest BCUT2D eigenvalue weighted by Crippen LogP contribution is -2.28. The van der Waals surface area contributed by atoms with Gasteiger partial charge in [0, 0.05) is 24.6 Å². The summed E-state index contributed by atoms with van der Waals surface area (Å²) >= 11 is 0. The molecule has 0 aromatic heterocycles. The smallest absolute Gasteiger partial charge is 0.387 e. The Hall–Kier alpha value is -3.09. The lowest BCUT2D eigenvalue weighted by molar-refractivity contribution is -0.126. The molecule has 2 aromatic carbocycles. The summed E-state index contributed by atoms with van der Waals surface area (Å²) in [7, 11) is 0. The maximum absolute atomic E-state index is 12.9. The summed E-state index contributed by atoms with van der Waals surface area (Å²) in [6, 6.07) is 12.2. The summed E-state index contributed by atoms with van der Waals surface area (Å²) < 4.78 is 41.2. The van der Waals surface area contributed by atoms with Crippen molar-refractivity contribution >= 4 is 12.0 Å². The molecule has 2 aliphatic rings. The molecule has 1 amide bonds. The Labute approximate surface area is 173 Å². The number of carbonyl (C=O) groups is 1. The van der Waals surface area contributed by atoms with E-state index in [9.17, 15) is 13.6 Å². The quantitative estimate of drug-likeness (QED) is 0.657. The van der Waals surface area contributed by atoms with Crippen LogP contribution in [-0.4, -0.2) is 37.2 Å². The minimum Gasteiger partial charge on any atom is -0.490 e. The van der Waals surface area contributed by atoms with Gasteiger partial charge in [-0.05, 0) is 42.7 Å². The van der Waals surface area contributed by atoms with Crippen LogP contribution >= 0.6 is 0 Å². The molecule has 0 aliphatic carbocycles. The molecule has 2 aliphatic heterocycles. The number of amides is 1. The Morgan fingerprint density at radius 2 is 1.90 bits per heavy atom. The first kappa shape index (κ1) is 20.2. The highest BCUT2D eigenvalue weighted by Gasteiger charge is 2.29. The summed E-state index contributed by atoms with van der Waals surface area (Å²) in [5, 5.41) is 0. The minimum atomic E-state index is -2.92. The fourth-order valence-corrected chi connectivity index (χ4v) is 3.84. The molecule has 0 unspecified atom stereocenters. The number of alkyl halides is 2. The van der Waals surface area contributed by atoms with Gasteiger partial charge in [-0.1, -0.05) is 24.3 Å². The summed E-state index contributed by atoms with van der Waals surface area (Å²) in [6.07, 6.45) is 5.51. The Balaban J connectivity index is 1.51. The molecule has 1 saturated heterocycles. The van der Waals surface area contributed by atoms with Gasteiger partial charge in [0.05, 0.1) is 19.3 Å². The van der Waals surface area contributed by atoms with Crippen LogP contribution in [0.5, 0.6) is 17.2 Å². The van der Waals surface area contributed by atoms with E-state index in [4.69, 9.17) is 9.47 Å². The molecule has 4 rings (SSSR count). The Morgan fingerprint density at radius 1 is 1.10 bits per heavy atom. The van der Waals surface area contributed by atoms with Gasteiger partial charge in [0.2, 0.25) is 5.91 Å². The third-order valence-corrected chi connectivity index (χ3v) is 5.23. The number of carbonyl (C=O) groups excluding carboxylic acids is 1. The van der Waals surface area contributed by atoms with Crippen LogP contribution in [0.4, 0.5) is 8.78 Å². The predicted molar refractivity (Wildman–Crippen MR) is 108 cm³/mol. The van der Waals surface area contributed by atoms with Crippen molar-refractivity contribution in [3.8, 4) is 17.2 Å². The zero-order valence-electron chi connectivity index (χ0n) is 16.4. The van der Waals surface area contributed by atoms with Crippen molar-refractivity contribution in [1.29, 1.82) is 0 Å². The summed E-state index contributed by atoms with van der Waals surface area (Å²) in [4.78, 5) is 14.7. The molecule has 0 spiro atoms. The van der Waals surface area contributed by atoms with Crippen molar-refractivity contribution in [2.24, 2.45) is 0 Å². The molecule has 0 radical (unpaired) electrons. The molecular weight excluding hydrogens is 392 g/mol. The second-order valence-electron chi connectivity index (χ2n) is 7.20. The molecule has 7 heteroatoms. The van der Waals surface area contributed by atoms with Gasteiger partial charge >= 0.3 is 6.61 Å². The molecule has 0 N–H and O–H groups in total. The Kier molecular flexibility index (Phi) is 6.16. The SMILES string of the molecule is O=C(/C=C/c1ccccc1OC(F)F)N1CCC[C@H]1c1ccc2c(c1)OCCCO2. The predicted octanol–water partition coefficient (Wildman–Crippen LogP) is 4.83. The van der Waals surface area contributed by atoms with Gasteiger partial charge < -0.3 is 19.1 Å². The highest BCUT2D eigenvalue weighted by molar-refractivity contribution is 5.92. The van der Waals surface area contributed by atoms with Gasteiger partial charge in [0.1, 0.15) is 5.75 Å². The summed E-state index contributed by atoms with van der Waals surface area (Å²) in [6.45, 7) is -1.05. The van der Waals surface area contributed by atoms with E-state index in [1.165, 1.54) is 18.2 Å². The van der Waals surface area contributed by atoms with Crippen LogP contribution in [0.3, 0.4) is 0 Å². The average molecular weight is 415 g/mol. The number of rotatable bonds is 5. The van der Waals surface area contributed by atoms with Gasteiger partial charge in [-0.2, -0.15) is 8.78 Å². The van der Waals surface area contributed by atoms with Crippen LogP contribution in [0.2, 0.25) is 0 Å². The lowest BCUT2D eigenvalue weighted by atomic mass is 10.0. The number of para-hydroxylation sites is 1. The number of hydrogen-bond donors (Lipinski definition) is 0. The number of halogens is 2. The molecule has 30 heavy (non-hydrogen) atoms. The Morgan fingerprint density at radius 3 is 2.73 bits per heavy atom. The van der Waals surface area contributed by atoms with Crippen molar-refractivity contribution in [2.45, 2.75) is 31.9 Å². The van der Waals surface area contributed by atoms with Gasteiger partial charge in [-0.3, -0.25) is 4.79 Å². The summed E-state index contributed by atoms with van der Waals surface area (Å²) in [5.41, 5.74) is 1.43. The molecule has 2 heterocycles. The van der Waals surface area contributed by atoms with Gasteiger partial charge in [-0.15, -0.1) is 0 Å². The number of benzene rings is 2. The third-order valence-electron chi connectivity index (χ3n) is 5.23. The van der Waals surface area contributed by atoms with Crippen LogP contribution < -0.4 is 14.2 Å². The number of likely N-dealkylation sites (tertiary alicyclic amines) is 1. The van der Waals surface area contributed by atoms with E-state index < -0.39 is 6.61 Å². The lowest BCUT2D eigenvalue weighted by Gasteiger charge is -2.24. The van der Waals surface area contributed by atoms with Crippen molar-refractivity contribution < 1.29 is 27.8 Å². The fraction of sp³-hybridized carbons (Fsp3) is 0.348. The zero-order chi connectivity index (χ0) is 20.9.